The number of likely N-dealkylation sites (tertiary alicyclic amines) is 1. The fraction of sp³-hybridized carbons (Fsp3) is 0.263. The molecule has 3 aromatic rings. The zero-order valence-corrected chi connectivity index (χ0v) is 14.2. The molecule has 0 N–H and O–H groups in total. The molecule has 122 valence electrons. The third-order valence-corrected chi connectivity index (χ3v) is 5.05. The second-order valence-electron chi connectivity index (χ2n) is 6.31. The maximum Gasteiger partial charge on any atom is 0.223 e. The van der Waals surface area contributed by atoms with Crippen molar-refractivity contribution in [1.29, 1.82) is 0 Å². The number of aromatic nitrogens is 2. The molecule has 24 heavy (non-hydrogen) atoms. The second kappa shape index (κ2) is 5.95. The smallest absolute Gasteiger partial charge is 0.223 e. The molecular weight excluding hydrogens is 322 g/mol. The van der Waals surface area contributed by atoms with Crippen molar-refractivity contribution in [2.75, 3.05) is 13.6 Å². The molecule has 1 unspecified atom stereocenters. The number of rotatable bonds is 3. The number of amides is 1. The van der Waals surface area contributed by atoms with E-state index >= 15 is 0 Å². The van der Waals surface area contributed by atoms with E-state index < -0.39 is 0 Å². The average Bonchev–Trinajstić information content (AvgIpc) is 3.11. The zero-order chi connectivity index (χ0) is 16.7. The number of para-hydroxylation sites is 2. The van der Waals surface area contributed by atoms with Gasteiger partial charge in [0.25, 0.3) is 0 Å². The molecule has 1 atom stereocenters. The lowest BCUT2D eigenvalue weighted by Gasteiger charge is -2.14. The van der Waals surface area contributed by atoms with Gasteiger partial charge in [-0.15, -0.1) is 0 Å². The Balaban J connectivity index is 1.82. The number of nitrogens with zero attached hydrogens (tertiary/aromatic N) is 3. The van der Waals surface area contributed by atoms with E-state index in [4.69, 9.17) is 16.6 Å². The SMILES string of the molecule is CN1CC(c2nc3ccccc3n2Cc2ccccc2Cl)CC1=O. The van der Waals surface area contributed by atoms with Crippen LogP contribution in [0.4, 0.5) is 0 Å². The summed E-state index contributed by atoms with van der Waals surface area (Å²) in [6.07, 6.45) is 0.516. The molecule has 5 heteroatoms. The van der Waals surface area contributed by atoms with E-state index in [9.17, 15) is 4.79 Å². The summed E-state index contributed by atoms with van der Waals surface area (Å²) < 4.78 is 2.20. The first kappa shape index (κ1) is 15.2. The Morgan fingerprint density at radius 3 is 2.67 bits per heavy atom. The van der Waals surface area contributed by atoms with Crippen LogP contribution >= 0.6 is 11.6 Å². The Morgan fingerprint density at radius 2 is 1.92 bits per heavy atom. The molecule has 1 aliphatic rings. The molecule has 0 spiro atoms. The molecule has 2 aromatic carbocycles. The molecular formula is C19H18ClN3O. The largest absolute Gasteiger partial charge is 0.345 e. The van der Waals surface area contributed by atoms with E-state index in [1.54, 1.807) is 4.90 Å². The van der Waals surface area contributed by atoms with Crippen molar-refractivity contribution >= 4 is 28.5 Å². The van der Waals surface area contributed by atoms with E-state index in [1.807, 2.05) is 49.5 Å². The number of imidazole rings is 1. The third kappa shape index (κ3) is 2.57. The summed E-state index contributed by atoms with van der Waals surface area (Å²) >= 11 is 6.35. The minimum atomic E-state index is 0.123. The van der Waals surface area contributed by atoms with Crippen molar-refractivity contribution in [2.24, 2.45) is 0 Å². The summed E-state index contributed by atoms with van der Waals surface area (Å²) in [7, 11) is 1.85. The second-order valence-corrected chi connectivity index (χ2v) is 6.72. The standard InChI is InChI=1S/C19H18ClN3O/c1-22-11-14(10-18(22)24)19-21-16-8-4-5-9-17(16)23(19)12-13-6-2-3-7-15(13)20/h2-9,14H,10-12H2,1H3. The minimum Gasteiger partial charge on any atom is -0.345 e. The van der Waals surface area contributed by atoms with Crippen LogP contribution in [0.3, 0.4) is 0 Å². The van der Waals surface area contributed by atoms with Crippen LogP contribution in [-0.4, -0.2) is 34.0 Å². The first-order valence-corrected chi connectivity index (χ1v) is 8.44. The quantitative estimate of drug-likeness (QED) is 0.730. The molecule has 1 aromatic heterocycles. The van der Waals surface area contributed by atoms with Crippen molar-refractivity contribution in [2.45, 2.75) is 18.9 Å². The van der Waals surface area contributed by atoms with Crippen LogP contribution in [0.1, 0.15) is 23.7 Å². The lowest BCUT2D eigenvalue weighted by Crippen LogP contribution is -2.19. The first-order valence-electron chi connectivity index (χ1n) is 8.06. The van der Waals surface area contributed by atoms with E-state index in [2.05, 4.69) is 10.6 Å². The van der Waals surface area contributed by atoms with Gasteiger partial charge in [0.15, 0.2) is 0 Å². The van der Waals surface area contributed by atoms with Gasteiger partial charge >= 0.3 is 0 Å². The maximum atomic E-state index is 12.0. The number of fused-ring (bicyclic) bond motifs is 1. The molecule has 0 radical (unpaired) electrons. The maximum absolute atomic E-state index is 12.0. The molecule has 1 aliphatic heterocycles. The van der Waals surface area contributed by atoms with Gasteiger partial charge in [-0.2, -0.15) is 0 Å². The van der Waals surface area contributed by atoms with Gasteiger partial charge < -0.3 is 9.47 Å². The van der Waals surface area contributed by atoms with Crippen LogP contribution in [0.15, 0.2) is 48.5 Å². The molecule has 0 aliphatic carbocycles. The van der Waals surface area contributed by atoms with Gasteiger partial charge in [0, 0.05) is 31.0 Å². The van der Waals surface area contributed by atoms with Gasteiger partial charge in [0.2, 0.25) is 5.91 Å². The highest BCUT2D eigenvalue weighted by molar-refractivity contribution is 6.31. The van der Waals surface area contributed by atoms with E-state index in [-0.39, 0.29) is 11.8 Å². The Morgan fingerprint density at radius 1 is 1.17 bits per heavy atom. The molecule has 0 saturated carbocycles. The minimum absolute atomic E-state index is 0.123. The molecule has 4 nitrogen and oxygen atoms in total. The van der Waals surface area contributed by atoms with Crippen LogP contribution < -0.4 is 0 Å². The Kier molecular flexibility index (Phi) is 3.77. The van der Waals surface area contributed by atoms with Crippen molar-refractivity contribution in [3.8, 4) is 0 Å². The summed E-state index contributed by atoms with van der Waals surface area (Å²) in [5.41, 5.74) is 3.09. The predicted molar refractivity (Wildman–Crippen MR) is 95.3 cm³/mol. The first-order chi connectivity index (χ1) is 11.6. The Hall–Kier alpha value is -2.33. The third-order valence-electron chi connectivity index (χ3n) is 4.68. The highest BCUT2D eigenvalue weighted by Crippen LogP contribution is 2.31. The van der Waals surface area contributed by atoms with Gasteiger partial charge in [-0.3, -0.25) is 4.79 Å². The number of hydrogen-bond acceptors (Lipinski definition) is 2. The molecule has 0 bridgehead atoms. The number of halogens is 1. The van der Waals surface area contributed by atoms with Crippen LogP contribution in [0, 0.1) is 0 Å². The van der Waals surface area contributed by atoms with Crippen LogP contribution in [0.25, 0.3) is 11.0 Å². The van der Waals surface area contributed by atoms with Crippen LogP contribution in [0.5, 0.6) is 0 Å². The highest BCUT2D eigenvalue weighted by Gasteiger charge is 2.32. The number of carbonyl (C=O) groups excluding carboxylic acids is 1. The van der Waals surface area contributed by atoms with Gasteiger partial charge in [-0.1, -0.05) is 41.9 Å². The number of benzene rings is 2. The van der Waals surface area contributed by atoms with E-state index in [0.29, 0.717) is 19.5 Å². The lowest BCUT2D eigenvalue weighted by atomic mass is 10.1. The van der Waals surface area contributed by atoms with E-state index in [0.717, 1.165) is 27.4 Å². The zero-order valence-electron chi connectivity index (χ0n) is 13.4. The van der Waals surface area contributed by atoms with Crippen molar-refractivity contribution in [3.05, 3.63) is 64.9 Å². The highest BCUT2D eigenvalue weighted by atomic mass is 35.5. The van der Waals surface area contributed by atoms with E-state index in [1.165, 1.54) is 0 Å². The Bertz CT molecular complexity index is 918. The predicted octanol–water partition coefficient (Wildman–Crippen LogP) is 3.68. The summed E-state index contributed by atoms with van der Waals surface area (Å²) in [6, 6.07) is 16.0. The fourth-order valence-corrected chi connectivity index (χ4v) is 3.60. The monoisotopic (exact) mass is 339 g/mol. The topological polar surface area (TPSA) is 38.1 Å². The van der Waals surface area contributed by atoms with Crippen molar-refractivity contribution < 1.29 is 4.79 Å². The molecule has 4 rings (SSSR count). The number of carbonyl (C=O) groups is 1. The summed E-state index contributed by atoms with van der Waals surface area (Å²) in [5.74, 6) is 1.27. The number of hydrogen-bond donors (Lipinski definition) is 0. The normalized spacial score (nSPS) is 17.8. The molecule has 1 fully saturated rings. The van der Waals surface area contributed by atoms with Crippen LogP contribution in [-0.2, 0) is 11.3 Å². The van der Waals surface area contributed by atoms with Crippen molar-refractivity contribution in [1.82, 2.24) is 14.5 Å². The number of likely N-dealkylation sites (N-methyl/N-ethyl adjacent to an activating group) is 1. The molecule has 1 saturated heterocycles. The van der Waals surface area contributed by atoms with Gasteiger partial charge in [0.05, 0.1) is 17.6 Å². The van der Waals surface area contributed by atoms with Crippen molar-refractivity contribution in [3.63, 3.8) is 0 Å². The van der Waals surface area contributed by atoms with Gasteiger partial charge in [0.1, 0.15) is 5.82 Å². The lowest BCUT2D eigenvalue weighted by molar-refractivity contribution is -0.126. The molecule has 1 amide bonds. The summed E-state index contributed by atoms with van der Waals surface area (Å²) in [5, 5.41) is 0.751. The van der Waals surface area contributed by atoms with Crippen LogP contribution in [0.2, 0.25) is 5.02 Å². The molecule has 2 heterocycles. The van der Waals surface area contributed by atoms with Gasteiger partial charge in [-0.25, -0.2) is 4.98 Å². The fourth-order valence-electron chi connectivity index (χ4n) is 3.41. The summed E-state index contributed by atoms with van der Waals surface area (Å²) in [4.78, 5) is 18.6. The summed E-state index contributed by atoms with van der Waals surface area (Å²) in [6.45, 7) is 1.37. The van der Waals surface area contributed by atoms with Gasteiger partial charge in [-0.05, 0) is 23.8 Å². The Labute approximate surface area is 145 Å². The average molecular weight is 340 g/mol.